The fourth-order valence-corrected chi connectivity index (χ4v) is 3.31. The molecule has 132 valence electrons. The summed E-state index contributed by atoms with van der Waals surface area (Å²) in [7, 11) is 0. The summed E-state index contributed by atoms with van der Waals surface area (Å²) in [6.45, 7) is 3.82. The molecule has 6 nitrogen and oxygen atoms in total. The van der Waals surface area contributed by atoms with Crippen LogP contribution in [0, 0.1) is 6.92 Å². The van der Waals surface area contributed by atoms with Gasteiger partial charge in [-0.1, -0.05) is 24.3 Å². The molecule has 1 fully saturated rings. The number of furan rings is 1. The highest BCUT2D eigenvalue weighted by Crippen LogP contribution is 2.20. The maximum Gasteiger partial charge on any atom is 0.289 e. The van der Waals surface area contributed by atoms with Crippen molar-refractivity contribution in [1.29, 1.82) is 0 Å². The van der Waals surface area contributed by atoms with Crippen molar-refractivity contribution in [2.45, 2.75) is 6.92 Å². The van der Waals surface area contributed by atoms with Crippen LogP contribution < -0.4 is 0 Å². The molecule has 1 aliphatic rings. The van der Waals surface area contributed by atoms with Crippen molar-refractivity contribution < 1.29 is 14.0 Å². The predicted octanol–water partition coefficient (Wildman–Crippen LogP) is 2.73. The number of pyridine rings is 1. The highest BCUT2D eigenvalue weighted by molar-refractivity contribution is 6.05. The SMILES string of the molecule is Cc1cc2ccccc2c(C(=O)N2CCN(C(=O)c3ccco3)CC2)n1. The number of amides is 2. The summed E-state index contributed by atoms with van der Waals surface area (Å²) in [5.74, 6) is 0.104. The van der Waals surface area contributed by atoms with E-state index in [0.29, 0.717) is 37.6 Å². The highest BCUT2D eigenvalue weighted by atomic mass is 16.3. The number of hydrogen-bond donors (Lipinski definition) is 0. The molecule has 2 amide bonds. The molecule has 6 heteroatoms. The molecule has 3 heterocycles. The Kier molecular flexibility index (Phi) is 4.16. The second kappa shape index (κ2) is 6.63. The van der Waals surface area contributed by atoms with Gasteiger partial charge in [-0.25, -0.2) is 4.98 Å². The number of aromatic nitrogens is 1. The minimum atomic E-state index is -0.138. The third-order valence-corrected chi connectivity index (χ3v) is 4.66. The number of fused-ring (bicyclic) bond motifs is 1. The van der Waals surface area contributed by atoms with E-state index in [2.05, 4.69) is 4.98 Å². The molecule has 0 unspecified atom stereocenters. The molecule has 1 aromatic carbocycles. The Hall–Kier alpha value is -3.15. The lowest BCUT2D eigenvalue weighted by atomic mass is 10.1. The highest BCUT2D eigenvalue weighted by Gasteiger charge is 2.28. The Morgan fingerprint density at radius 3 is 2.35 bits per heavy atom. The number of hydrogen-bond acceptors (Lipinski definition) is 4. The lowest BCUT2D eigenvalue weighted by Crippen LogP contribution is -2.50. The Labute approximate surface area is 151 Å². The molecule has 0 bridgehead atoms. The van der Waals surface area contributed by atoms with Crippen molar-refractivity contribution in [3.8, 4) is 0 Å². The van der Waals surface area contributed by atoms with Gasteiger partial charge in [0.1, 0.15) is 5.69 Å². The quantitative estimate of drug-likeness (QED) is 0.713. The van der Waals surface area contributed by atoms with Crippen molar-refractivity contribution in [1.82, 2.24) is 14.8 Å². The number of carbonyl (C=O) groups is 2. The van der Waals surface area contributed by atoms with Crippen LogP contribution in [0.4, 0.5) is 0 Å². The summed E-state index contributed by atoms with van der Waals surface area (Å²) < 4.78 is 5.17. The van der Waals surface area contributed by atoms with Gasteiger partial charge in [0.25, 0.3) is 11.8 Å². The number of rotatable bonds is 2. The van der Waals surface area contributed by atoms with Gasteiger partial charge in [0.2, 0.25) is 0 Å². The van der Waals surface area contributed by atoms with Crippen LogP contribution in [0.1, 0.15) is 26.7 Å². The van der Waals surface area contributed by atoms with E-state index in [9.17, 15) is 9.59 Å². The van der Waals surface area contributed by atoms with Crippen molar-refractivity contribution in [2.24, 2.45) is 0 Å². The molecule has 26 heavy (non-hydrogen) atoms. The van der Waals surface area contributed by atoms with Gasteiger partial charge in [0.05, 0.1) is 6.26 Å². The topological polar surface area (TPSA) is 66.7 Å². The van der Waals surface area contributed by atoms with Crippen molar-refractivity contribution in [2.75, 3.05) is 26.2 Å². The molecule has 2 aromatic heterocycles. The molecule has 0 atom stereocenters. The minimum Gasteiger partial charge on any atom is -0.459 e. The van der Waals surface area contributed by atoms with Crippen molar-refractivity contribution >= 4 is 22.6 Å². The average Bonchev–Trinajstić information content (AvgIpc) is 3.21. The molecular weight excluding hydrogens is 330 g/mol. The number of benzene rings is 1. The molecule has 0 N–H and O–H groups in total. The Balaban J connectivity index is 1.52. The van der Waals surface area contributed by atoms with E-state index in [1.165, 1.54) is 6.26 Å². The summed E-state index contributed by atoms with van der Waals surface area (Å²) in [5, 5.41) is 1.87. The van der Waals surface area contributed by atoms with E-state index in [0.717, 1.165) is 16.5 Å². The van der Waals surface area contributed by atoms with Crippen LogP contribution in [0.25, 0.3) is 10.8 Å². The zero-order valence-corrected chi connectivity index (χ0v) is 14.5. The van der Waals surface area contributed by atoms with Gasteiger partial charge in [0.15, 0.2) is 5.76 Å². The van der Waals surface area contributed by atoms with Crippen LogP contribution in [-0.4, -0.2) is 52.8 Å². The first-order valence-electron chi connectivity index (χ1n) is 8.62. The largest absolute Gasteiger partial charge is 0.459 e. The van der Waals surface area contributed by atoms with E-state index >= 15 is 0 Å². The van der Waals surface area contributed by atoms with Gasteiger partial charge in [-0.15, -0.1) is 0 Å². The third-order valence-electron chi connectivity index (χ3n) is 4.66. The summed E-state index contributed by atoms with van der Waals surface area (Å²) in [6, 6.07) is 13.1. The maximum atomic E-state index is 13.0. The van der Waals surface area contributed by atoms with Gasteiger partial charge in [0, 0.05) is 37.3 Å². The van der Waals surface area contributed by atoms with Gasteiger partial charge in [-0.05, 0) is 30.5 Å². The average molecular weight is 349 g/mol. The Morgan fingerprint density at radius 2 is 1.65 bits per heavy atom. The predicted molar refractivity (Wildman–Crippen MR) is 97.0 cm³/mol. The van der Waals surface area contributed by atoms with Crippen LogP contribution in [-0.2, 0) is 0 Å². The number of carbonyl (C=O) groups excluding carboxylic acids is 2. The second-order valence-electron chi connectivity index (χ2n) is 6.40. The number of nitrogens with zero attached hydrogens (tertiary/aromatic N) is 3. The normalized spacial score (nSPS) is 14.7. The first kappa shape index (κ1) is 16.3. The van der Waals surface area contributed by atoms with E-state index in [1.54, 1.807) is 21.9 Å². The van der Waals surface area contributed by atoms with Crippen LogP contribution >= 0.6 is 0 Å². The van der Waals surface area contributed by atoms with E-state index < -0.39 is 0 Å². The first-order chi connectivity index (χ1) is 12.6. The second-order valence-corrected chi connectivity index (χ2v) is 6.40. The van der Waals surface area contributed by atoms with E-state index in [1.807, 2.05) is 37.3 Å². The Bertz CT molecular complexity index is 958. The summed E-state index contributed by atoms with van der Waals surface area (Å²) in [4.78, 5) is 33.3. The monoisotopic (exact) mass is 349 g/mol. The Morgan fingerprint density at radius 1 is 0.962 bits per heavy atom. The van der Waals surface area contributed by atoms with Gasteiger partial charge < -0.3 is 14.2 Å². The van der Waals surface area contributed by atoms with Crippen LogP contribution in [0.2, 0.25) is 0 Å². The summed E-state index contributed by atoms with van der Waals surface area (Å²) in [6.07, 6.45) is 1.49. The van der Waals surface area contributed by atoms with Crippen LogP contribution in [0.5, 0.6) is 0 Å². The summed E-state index contributed by atoms with van der Waals surface area (Å²) >= 11 is 0. The minimum absolute atomic E-state index is 0.0880. The first-order valence-corrected chi connectivity index (χ1v) is 8.62. The van der Waals surface area contributed by atoms with Crippen molar-refractivity contribution in [3.63, 3.8) is 0 Å². The molecule has 0 aliphatic carbocycles. The number of aryl methyl sites for hydroxylation is 1. The van der Waals surface area contributed by atoms with Gasteiger partial charge in [-0.2, -0.15) is 0 Å². The molecule has 0 spiro atoms. The molecule has 1 saturated heterocycles. The fourth-order valence-electron chi connectivity index (χ4n) is 3.31. The summed E-state index contributed by atoms with van der Waals surface area (Å²) in [5.41, 5.74) is 1.30. The maximum absolute atomic E-state index is 13.0. The molecule has 1 aliphatic heterocycles. The smallest absolute Gasteiger partial charge is 0.289 e. The molecule has 0 radical (unpaired) electrons. The third kappa shape index (κ3) is 2.94. The zero-order valence-electron chi connectivity index (χ0n) is 14.5. The molecule has 3 aromatic rings. The molecular formula is C20H19N3O3. The van der Waals surface area contributed by atoms with E-state index in [4.69, 9.17) is 4.42 Å². The van der Waals surface area contributed by atoms with Crippen LogP contribution in [0.3, 0.4) is 0 Å². The van der Waals surface area contributed by atoms with Crippen molar-refractivity contribution in [3.05, 3.63) is 65.9 Å². The number of piperazine rings is 1. The van der Waals surface area contributed by atoms with E-state index in [-0.39, 0.29) is 11.8 Å². The van der Waals surface area contributed by atoms with Gasteiger partial charge >= 0.3 is 0 Å². The fraction of sp³-hybridized carbons (Fsp3) is 0.250. The standard InChI is InChI=1S/C20H19N3O3/c1-14-13-15-5-2-3-6-16(15)18(21-14)20(25)23-10-8-22(9-11-23)19(24)17-7-4-12-26-17/h2-7,12-13H,8-11H2,1H3. The zero-order chi connectivity index (χ0) is 18.1. The lowest BCUT2D eigenvalue weighted by molar-refractivity contribution is 0.0516. The lowest BCUT2D eigenvalue weighted by Gasteiger charge is -2.34. The molecule has 0 saturated carbocycles. The van der Waals surface area contributed by atoms with Crippen LogP contribution in [0.15, 0.2) is 53.1 Å². The van der Waals surface area contributed by atoms with Gasteiger partial charge in [-0.3, -0.25) is 9.59 Å². The molecule has 4 rings (SSSR count).